The molecule has 6 nitrogen and oxygen atoms in total. The number of primary amides is 1. The molecule has 0 unspecified atom stereocenters. The first-order chi connectivity index (χ1) is 14.6. The van der Waals surface area contributed by atoms with Gasteiger partial charge in [0, 0.05) is 38.1 Å². The van der Waals surface area contributed by atoms with Crippen LogP contribution in [0.2, 0.25) is 0 Å². The minimum Gasteiger partial charge on any atom is -0.370 e. The van der Waals surface area contributed by atoms with Gasteiger partial charge in [0.05, 0.1) is 17.4 Å². The van der Waals surface area contributed by atoms with Crippen LogP contribution in [0.15, 0.2) is 36.7 Å². The molecule has 6 heteroatoms. The molecule has 2 aromatic rings. The highest BCUT2D eigenvalue weighted by molar-refractivity contribution is 5.93. The first kappa shape index (κ1) is 20.6. The van der Waals surface area contributed by atoms with Crippen molar-refractivity contribution >= 4 is 17.4 Å². The Morgan fingerprint density at radius 1 is 1.00 bits per heavy atom. The second-order valence-corrected chi connectivity index (χ2v) is 8.87. The Labute approximate surface area is 179 Å². The van der Waals surface area contributed by atoms with Gasteiger partial charge in [-0.05, 0) is 62.6 Å². The fourth-order valence-corrected chi connectivity index (χ4v) is 4.84. The fourth-order valence-electron chi connectivity index (χ4n) is 4.84. The van der Waals surface area contributed by atoms with Gasteiger partial charge in [-0.15, -0.1) is 0 Å². The number of piperidine rings is 2. The maximum absolute atomic E-state index is 11.4. The maximum atomic E-state index is 11.4. The van der Waals surface area contributed by atoms with Crippen LogP contribution in [0.25, 0.3) is 0 Å². The van der Waals surface area contributed by atoms with Gasteiger partial charge in [-0.2, -0.15) is 0 Å². The highest BCUT2D eigenvalue weighted by atomic mass is 16.1. The molecule has 0 saturated carbocycles. The number of rotatable bonds is 6. The lowest BCUT2D eigenvalue weighted by molar-refractivity contribution is 0.1000. The first-order valence-electron chi connectivity index (χ1n) is 11.3. The highest BCUT2D eigenvalue weighted by Gasteiger charge is 2.24. The maximum Gasteiger partial charge on any atom is 0.250 e. The molecule has 1 amide bonds. The highest BCUT2D eigenvalue weighted by Crippen LogP contribution is 2.31. The average Bonchev–Trinajstić information content (AvgIpc) is 2.78. The van der Waals surface area contributed by atoms with Crippen LogP contribution < -0.4 is 15.5 Å². The van der Waals surface area contributed by atoms with Crippen LogP contribution in [0, 0.1) is 18.8 Å². The molecule has 160 valence electrons. The molecular formula is C24H33N5O. The van der Waals surface area contributed by atoms with Crippen molar-refractivity contribution in [1.82, 2.24) is 9.97 Å². The van der Waals surface area contributed by atoms with Crippen molar-refractivity contribution in [3.8, 4) is 0 Å². The van der Waals surface area contributed by atoms with E-state index in [9.17, 15) is 4.79 Å². The van der Waals surface area contributed by atoms with Crippen LogP contribution in [-0.4, -0.2) is 42.1 Å². The number of anilines is 2. The van der Waals surface area contributed by atoms with E-state index < -0.39 is 5.91 Å². The van der Waals surface area contributed by atoms with Crippen LogP contribution in [0.5, 0.6) is 0 Å². The standard InChI is InChI=1S/C24H33N5O/c1-18-3-2-4-23(27-18)29-13-9-20(10-14-29)6-5-19-7-11-28(12-8-19)22-15-21(24(25)30)16-26-17-22/h2-4,15-17,19-20H,5-14H2,1H3,(H2,25,30). The van der Waals surface area contributed by atoms with Crippen molar-refractivity contribution in [2.45, 2.75) is 45.4 Å². The van der Waals surface area contributed by atoms with Gasteiger partial charge in [-0.1, -0.05) is 18.9 Å². The van der Waals surface area contributed by atoms with Gasteiger partial charge in [0.25, 0.3) is 0 Å². The molecule has 2 aromatic heterocycles. The second kappa shape index (κ2) is 9.45. The van der Waals surface area contributed by atoms with Gasteiger partial charge >= 0.3 is 0 Å². The van der Waals surface area contributed by atoms with Crippen molar-refractivity contribution in [1.29, 1.82) is 0 Å². The van der Waals surface area contributed by atoms with Crippen LogP contribution in [-0.2, 0) is 0 Å². The van der Waals surface area contributed by atoms with Gasteiger partial charge in [0.15, 0.2) is 0 Å². The lowest BCUT2D eigenvalue weighted by atomic mass is 9.85. The molecule has 0 spiro atoms. The van der Waals surface area contributed by atoms with Crippen molar-refractivity contribution in [2.75, 3.05) is 36.0 Å². The van der Waals surface area contributed by atoms with E-state index >= 15 is 0 Å². The Morgan fingerprint density at radius 3 is 2.23 bits per heavy atom. The summed E-state index contributed by atoms with van der Waals surface area (Å²) in [6.45, 7) is 6.39. The normalized spacial score (nSPS) is 18.6. The summed E-state index contributed by atoms with van der Waals surface area (Å²) in [5.74, 6) is 2.38. The summed E-state index contributed by atoms with van der Waals surface area (Å²) in [5, 5.41) is 0. The lowest BCUT2D eigenvalue weighted by Crippen LogP contribution is -2.35. The second-order valence-electron chi connectivity index (χ2n) is 8.87. The van der Waals surface area contributed by atoms with Crippen molar-refractivity contribution in [3.63, 3.8) is 0 Å². The van der Waals surface area contributed by atoms with Crippen LogP contribution >= 0.6 is 0 Å². The van der Waals surface area contributed by atoms with Gasteiger partial charge in [-0.25, -0.2) is 4.98 Å². The number of aryl methyl sites for hydroxylation is 1. The van der Waals surface area contributed by atoms with E-state index in [1.807, 2.05) is 12.3 Å². The van der Waals surface area contributed by atoms with Crippen molar-refractivity contribution in [2.24, 2.45) is 17.6 Å². The minimum atomic E-state index is -0.413. The van der Waals surface area contributed by atoms with Crippen LogP contribution in [0.4, 0.5) is 11.5 Å². The molecule has 0 radical (unpaired) electrons. The van der Waals surface area contributed by atoms with Crippen molar-refractivity contribution < 1.29 is 4.79 Å². The third kappa shape index (κ3) is 5.10. The van der Waals surface area contributed by atoms with E-state index in [-0.39, 0.29) is 0 Å². The number of pyridine rings is 2. The number of aromatic nitrogens is 2. The summed E-state index contributed by atoms with van der Waals surface area (Å²) < 4.78 is 0. The molecule has 2 aliphatic heterocycles. The fraction of sp³-hybridized carbons (Fsp3) is 0.542. The molecule has 2 aliphatic rings. The van der Waals surface area contributed by atoms with E-state index in [0.717, 1.165) is 55.2 Å². The number of nitrogens with two attached hydrogens (primary N) is 1. The largest absolute Gasteiger partial charge is 0.370 e. The predicted octanol–water partition coefficient (Wildman–Crippen LogP) is 3.80. The summed E-state index contributed by atoms with van der Waals surface area (Å²) >= 11 is 0. The zero-order chi connectivity index (χ0) is 20.9. The van der Waals surface area contributed by atoms with E-state index in [1.54, 1.807) is 6.20 Å². The third-order valence-electron chi connectivity index (χ3n) is 6.78. The SMILES string of the molecule is Cc1cccc(N2CCC(CCC3CCN(c4cncc(C(N)=O)c4)CC3)CC2)n1. The molecule has 0 bridgehead atoms. The topological polar surface area (TPSA) is 75.3 Å². The lowest BCUT2D eigenvalue weighted by Gasteiger charge is -2.36. The average molecular weight is 408 g/mol. The van der Waals surface area contributed by atoms with Crippen molar-refractivity contribution in [3.05, 3.63) is 47.9 Å². The summed E-state index contributed by atoms with van der Waals surface area (Å²) in [4.78, 5) is 25.0. The van der Waals surface area contributed by atoms with E-state index in [2.05, 4.69) is 44.9 Å². The summed E-state index contributed by atoms with van der Waals surface area (Å²) in [6.07, 6.45) is 11.0. The quantitative estimate of drug-likeness (QED) is 0.788. The Morgan fingerprint density at radius 2 is 1.63 bits per heavy atom. The zero-order valence-corrected chi connectivity index (χ0v) is 18.0. The Balaban J connectivity index is 1.19. The third-order valence-corrected chi connectivity index (χ3v) is 6.78. The summed E-state index contributed by atoms with van der Waals surface area (Å²) in [5.41, 5.74) is 7.99. The van der Waals surface area contributed by atoms with Gasteiger partial charge in [0.1, 0.15) is 5.82 Å². The number of amides is 1. The minimum absolute atomic E-state index is 0.413. The molecule has 2 fully saturated rings. The molecule has 4 rings (SSSR count). The molecule has 30 heavy (non-hydrogen) atoms. The molecular weight excluding hydrogens is 374 g/mol. The number of hydrogen-bond donors (Lipinski definition) is 1. The molecule has 0 aromatic carbocycles. The number of nitrogens with zero attached hydrogens (tertiary/aromatic N) is 4. The first-order valence-corrected chi connectivity index (χ1v) is 11.3. The summed E-state index contributed by atoms with van der Waals surface area (Å²) in [7, 11) is 0. The summed E-state index contributed by atoms with van der Waals surface area (Å²) in [6, 6.07) is 8.17. The van der Waals surface area contributed by atoms with Crippen LogP contribution in [0.1, 0.15) is 54.6 Å². The predicted molar refractivity (Wildman–Crippen MR) is 121 cm³/mol. The number of carbonyl (C=O) groups is 1. The zero-order valence-electron chi connectivity index (χ0n) is 18.0. The Bertz CT molecular complexity index is 854. The van der Waals surface area contributed by atoms with Gasteiger partial charge in [-0.3, -0.25) is 9.78 Å². The monoisotopic (exact) mass is 407 g/mol. The number of hydrogen-bond acceptors (Lipinski definition) is 5. The Kier molecular flexibility index (Phi) is 6.50. The van der Waals surface area contributed by atoms with E-state index in [4.69, 9.17) is 5.73 Å². The smallest absolute Gasteiger partial charge is 0.250 e. The van der Waals surface area contributed by atoms with Gasteiger partial charge < -0.3 is 15.5 Å². The van der Waals surface area contributed by atoms with Gasteiger partial charge in [0.2, 0.25) is 5.91 Å². The molecule has 2 N–H and O–H groups in total. The molecule has 0 aliphatic carbocycles. The van der Waals surface area contributed by atoms with Crippen LogP contribution in [0.3, 0.4) is 0 Å². The molecule has 4 heterocycles. The van der Waals surface area contributed by atoms with E-state index in [1.165, 1.54) is 38.5 Å². The molecule has 0 atom stereocenters. The molecule has 2 saturated heterocycles. The Hall–Kier alpha value is -2.63. The number of carbonyl (C=O) groups excluding carboxylic acids is 1. The van der Waals surface area contributed by atoms with E-state index in [0.29, 0.717) is 5.56 Å².